The van der Waals surface area contributed by atoms with Crippen LogP contribution in [0.3, 0.4) is 0 Å². The van der Waals surface area contributed by atoms with Crippen molar-refractivity contribution < 1.29 is 5.11 Å². The second-order valence-electron chi connectivity index (χ2n) is 3.42. The molecule has 0 spiro atoms. The summed E-state index contributed by atoms with van der Waals surface area (Å²) in [6.07, 6.45) is 0.810. The average Bonchev–Trinajstić information content (AvgIpc) is 1.98. The number of hydrogen-bond acceptors (Lipinski definition) is 3. The van der Waals surface area contributed by atoms with Crippen molar-refractivity contribution >= 4 is 0 Å². The Morgan fingerprint density at radius 1 is 1.64 bits per heavy atom. The van der Waals surface area contributed by atoms with Crippen LogP contribution in [-0.2, 0) is 0 Å². The van der Waals surface area contributed by atoms with Crippen LogP contribution < -0.4 is 5.73 Å². The molecule has 0 radical (unpaired) electrons. The van der Waals surface area contributed by atoms with Gasteiger partial charge in [0.25, 0.3) is 0 Å². The molecule has 2 atom stereocenters. The van der Waals surface area contributed by atoms with E-state index in [1.54, 1.807) is 0 Å². The van der Waals surface area contributed by atoms with E-state index in [0.29, 0.717) is 5.92 Å². The predicted molar refractivity (Wildman–Crippen MR) is 45.3 cm³/mol. The molecule has 0 bridgehead atoms. The van der Waals surface area contributed by atoms with Crippen LogP contribution in [0.5, 0.6) is 0 Å². The maximum absolute atomic E-state index is 9.41. The smallest absolute Gasteiger partial charge is 0.0590 e. The van der Waals surface area contributed by atoms with Gasteiger partial charge in [0.05, 0.1) is 6.10 Å². The molecule has 1 fully saturated rings. The molecule has 0 amide bonds. The molecule has 0 unspecified atom stereocenters. The monoisotopic (exact) mass is 158 g/mol. The molecule has 0 aromatic rings. The van der Waals surface area contributed by atoms with Crippen LogP contribution in [0, 0.1) is 5.92 Å². The van der Waals surface area contributed by atoms with E-state index in [4.69, 9.17) is 5.73 Å². The van der Waals surface area contributed by atoms with Gasteiger partial charge in [-0.3, -0.25) is 0 Å². The van der Waals surface area contributed by atoms with E-state index < -0.39 is 0 Å². The van der Waals surface area contributed by atoms with Crippen molar-refractivity contribution in [3.8, 4) is 0 Å². The first-order valence-corrected chi connectivity index (χ1v) is 4.34. The lowest BCUT2D eigenvalue weighted by molar-refractivity contribution is 0.0363. The van der Waals surface area contributed by atoms with Crippen LogP contribution in [0.2, 0.25) is 0 Å². The van der Waals surface area contributed by atoms with Gasteiger partial charge in [0.2, 0.25) is 0 Å². The summed E-state index contributed by atoms with van der Waals surface area (Å²) in [6, 6.07) is 0. The molecule has 0 aliphatic carbocycles. The van der Waals surface area contributed by atoms with Crippen LogP contribution in [-0.4, -0.2) is 42.3 Å². The number of nitrogens with zero attached hydrogens (tertiary/aromatic N) is 1. The number of nitrogens with two attached hydrogens (primary N) is 1. The molecular weight excluding hydrogens is 140 g/mol. The van der Waals surface area contributed by atoms with E-state index in [1.807, 2.05) is 0 Å². The second-order valence-corrected chi connectivity index (χ2v) is 3.42. The fourth-order valence-electron chi connectivity index (χ4n) is 1.61. The summed E-state index contributed by atoms with van der Waals surface area (Å²) in [5.74, 6) is 0.412. The zero-order valence-corrected chi connectivity index (χ0v) is 7.16. The van der Waals surface area contributed by atoms with Gasteiger partial charge < -0.3 is 15.7 Å². The molecule has 3 N–H and O–H groups in total. The van der Waals surface area contributed by atoms with E-state index in [1.165, 1.54) is 0 Å². The molecule has 3 heteroatoms. The highest BCUT2D eigenvalue weighted by Gasteiger charge is 2.22. The van der Waals surface area contributed by atoms with Crippen molar-refractivity contribution in [3.05, 3.63) is 0 Å². The minimum Gasteiger partial charge on any atom is -0.393 e. The number of rotatable bonds is 2. The minimum atomic E-state index is -0.0935. The molecule has 0 aromatic carbocycles. The van der Waals surface area contributed by atoms with Gasteiger partial charge in [0.15, 0.2) is 0 Å². The number of hydrogen-bond donors (Lipinski definition) is 2. The summed E-state index contributed by atoms with van der Waals surface area (Å²) in [7, 11) is 0. The zero-order valence-electron chi connectivity index (χ0n) is 7.16. The van der Waals surface area contributed by atoms with Crippen molar-refractivity contribution in [1.29, 1.82) is 0 Å². The van der Waals surface area contributed by atoms with E-state index in [0.717, 1.165) is 32.6 Å². The topological polar surface area (TPSA) is 49.5 Å². The van der Waals surface area contributed by atoms with Crippen molar-refractivity contribution in [2.45, 2.75) is 19.4 Å². The first kappa shape index (κ1) is 8.97. The van der Waals surface area contributed by atoms with Crippen molar-refractivity contribution in [2.75, 3.05) is 26.2 Å². The first-order valence-electron chi connectivity index (χ1n) is 4.34. The van der Waals surface area contributed by atoms with Gasteiger partial charge in [-0.2, -0.15) is 0 Å². The van der Waals surface area contributed by atoms with Crippen LogP contribution >= 0.6 is 0 Å². The van der Waals surface area contributed by atoms with Gasteiger partial charge in [-0.1, -0.05) is 6.92 Å². The third kappa shape index (κ3) is 2.43. The molecule has 3 nitrogen and oxygen atoms in total. The molecule has 1 heterocycles. The van der Waals surface area contributed by atoms with E-state index in [-0.39, 0.29) is 6.10 Å². The Balaban J connectivity index is 2.28. The standard InChI is InChI=1S/C8H18N2O/c1-7-6-10(5-3-9)4-2-8(7)11/h7-8,11H,2-6,9H2,1H3/t7-,8-/m1/s1. The quantitative estimate of drug-likeness (QED) is 0.577. The molecule has 1 aliphatic heterocycles. The molecule has 1 rings (SSSR count). The highest BCUT2D eigenvalue weighted by molar-refractivity contribution is 4.76. The molecule has 0 saturated carbocycles. The normalized spacial score (nSPS) is 34.1. The summed E-state index contributed by atoms with van der Waals surface area (Å²) in [4.78, 5) is 2.32. The summed E-state index contributed by atoms with van der Waals surface area (Å²) >= 11 is 0. The summed E-state index contributed by atoms with van der Waals surface area (Å²) < 4.78 is 0. The number of aliphatic hydroxyl groups excluding tert-OH is 1. The van der Waals surface area contributed by atoms with Crippen LogP contribution in [0.1, 0.15) is 13.3 Å². The average molecular weight is 158 g/mol. The Hall–Kier alpha value is -0.120. The number of piperidine rings is 1. The second kappa shape index (κ2) is 4.04. The fourth-order valence-corrected chi connectivity index (χ4v) is 1.61. The van der Waals surface area contributed by atoms with Gasteiger partial charge in [-0.15, -0.1) is 0 Å². The van der Waals surface area contributed by atoms with E-state index >= 15 is 0 Å². The third-order valence-corrected chi connectivity index (χ3v) is 2.39. The van der Waals surface area contributed by atoms with Crippen molar-refractivity contribution in [1.82, 2.24) is 4.90 Å². The van der Waals surface area contributed by atoms with Gasteiger partial charge >= 0.3 is 0 Å². The maximum Gasteiger partial charge on any atom is 0.0590 e. The summed E-state index contributed by atoms with van der Waals surface area (Å²) in [6.45, 7) is 5.79. The van der Waals surface area contributed by atoms with Gasteiger partial charge in [0.1, 0.15) is 0 Å². The molecule has 0 aromatic heterocycles. The Morgan fingerprint density at radius 3 is 2.91 bits per heavy atom. The zero-order chi connectivity index (χ0) is 8.27. The predicted octanol–water partition coefficient (Wildman–Crippen LogP) is -0.352. The Bertz CT molecular complexity index is 119. The Labute approximate surface area is 68.2 Å². The number of likely N-dealkylation sites (tertiary alicyclic amines) is 1. The molecule has 1 aliphatic rings. The highest BCUT2D eigenvalue weighted by atomic mass is 16.3. The largest absolute Gasteiger partial charge is 0.393 e. The van der Waals surface area contributed by atoms with Crippen molar-refractivity contribution in [3.63, 3.8) is 0 Å². The van der Waals surface area contributed by atoms with E-state index in [9.17, 15) is 5.11 Å². The lowest BCUT2D eigenvalue weighted by Crippen LogP contribution is -2.43. The van der Waals surface area contributed by atoms with Gasteiger partial charge in [-0.05, 0) is 12.3 Å². The molecule has 1 saturated heterocycles. The van der Waals surface area contributed by atoms with Gasteiger partial charge in [0, 0.05) is 26.2 Å². The fraction of sp³-hybridized carbons (Fsp3) is 1.00. The highest BCUT2D eigenvalue weighted by Crippen LogP contribution is 2.15. The molecule has 11 heavy (non-hydrogen) atoms. The van der Waals surface area contributed by atoms with Crippen molar-refractivity contribution in [2.24, 2.45) is 11.7 Å². The summed E-state index contributed by atoms with van der Waals surface area (Å²) in [5.41, 5.74) is 5.44. The van der Waals surface area contributed by atoms with Gasteiger partial charge in [-0.25, -0.2) is 0 Å². The maximum atomic E-state index is 9.41. The first-order chi connectivity index (χ1) is 5.24. The SMILES string of the molecule is C[C@@H]1CN(CCN)CC[C@H]1O. The van der Waals surface area contributed by atoms with Crippen LogP contribution in [0.4, 0.5) is 0 Å². The lowest BCUT2D eigenvalue weighted by Gasteiger charge is -2.33. The molecule has 66 valence electrons. The lowest BCUT2D eigenvalue weighted by atomic mass is 9.97. The Morgan fingerprint density at radius 2 is 2.36 bits per heavy atom. The summed E-state index contributed by atoms with van der Waals surface area (Å²) in [5, 5.41) is 9.41. The van der Waals surface area contributed by atoms with E-state index in [2.05, 4.69) is 11.8 Å². The van der Waals surface area contributed by atoms with Crippen LogP contribution in [0.15, 0.2) is 0 Å². The number of aliphatic hydroxyl groups is 1. The third-order valence-electron chi connectivity index (χ3n) is 2.39. The Kier molecular flexibility index (Phi) is 3.30. The molecular formula is C8H18N2O. The minimum absolute atomic E-state index is 0.0935. The van der Waals surface area contributed by atoms with Crippen LogP contribution in [0.25, 0.3) is 0 Å².